The van der Waals surface area contributed by atoms with Gasteiger partial charge in [0, 0.05) is 0 Å². The van der Waals surface area contributed by atoms with Gasteiger partial charge in [0.25, 0.3) is 5.56 Å². The van der Waals surface area contributed by atoms with Gasteiger partial charge in [-0.2, -0.15) is 0 Å². The second kappa shape index (κ2) is 9.50. The topological polar surface area (TPSA) is 129 Å². The Hall–Kier alpha value is -3.56. The molecule has 0 fully saturated rings. The van der Waals surface area contributed by atoms with Gasteiger partial charge < -0.3 is 19.9 Å². The first-order chi connectivity index (χ1) is 14.4. The molecule has 1 amide bonds. The lowest BCUT2D eigenvalue weighted by molar-refractivity contribution is -0.147. The number of aromatic carboxylic acids is 1. The first-order valence-corrected chi connectivity index (χ1v) is 9.68. The molecule has 0 aliphatic carbocycles. The van der Waals surface area contributed by atoms with Crippen LogP contribution in [0, 0.1) is 6.92 Å². The summed E-state index contributed by atoms with van der Waals surface area (Å²) in [6.45, 7) is 7.85. The summed E-state index contributed by atoms with van der Waals surface area (Å²) in [6.07, 6.45) is -1.46. The van der Waals surface area contributed by atoms with Crippen molar-refractivity contribution in [3.05, 3.63) is 51.9 Å². The SMILES string of the molecule is Cc1c(C(=O)O)c(=O)n(-c2ccccc2)n1C[C@@H](C)OC(=O)CNC(=O)OC(C)(C)C. The molecular weight excluding hydrogens is 406 g/mol. The van der Waals surface area contributed by atoms with Gasteiger partial charge in [-0.3, -0.25) is 14.3 Å². The summed E-state index contributed by atoms with van der Waals surface area (Å²) in [4.78, 5) is 48.0. The molecule has 168 valence electrons. The van der Waals surface area contributed by atoms with E-state index < -0.39 is 41.8 Å². The van der Waals surface area contributed by atoms with Crippen molar-refractivity contribution in [3.8, 4) is 5.69 Å². The van der Waals surface area contributed by atoms with Gasteiger partial charge in [-0.15, -0.1) is 0 Å². The Labute approximate surface area is 179 Å². The quantitative estimate of drug-likeness (QED) is 0.640. The van der Waals surface area contributed by atoms with Crippen molar-refractivity contribution in [3.63, 3.8) is 0 Å². The highest BCUT2D eigenvalue weighted by molar-refractivity contribution is 5.88. The molecule has 31 heavy (non-hydrogen) atoms. The number of ether oxygens (including phenoxy) is 2. The molecule has 0 unspecified atom stereocenters. The second-order valence-electron chi connectivity index (χ2n) is 7.96. The lowest BCUT2D eigenvalue weighted by Crippen LogP contribution is -2.37. The Kier molecular flexibility index (Phi) is 7.27. The number of hydrogen-bond donors (Lipinski definition) is 2. The van der Waals surface area contributed by atoms with Gasteiger partial charge in [-0.25, -0.2) is 14.3 Å². The number of para-hydroxylation sites is 1. The fourth-order valence-corrected chi connectivity index (χ4v) is 2.95. The smallest absolute Gasteiger partial charge is 0.408 e. The van der Waals surface area contributed by atoms with Crippen molar-refractivity contribution in [2.24, 2.45) is 0 Å². The maximum atomic E-state index is 12.7. The zero-order valence-corrected chi connectivity index (χ0v) is 18.2. The summed E-state index contributed by atoms with van der Waals surface area (Å²) >= 11 is 0. The van der Waals surface area contributed by atoms with E-state index in [9.17, 15) is 24.3 Å². The highest BCUT2D eigenvalue weighted by Crippen LogP contribution is 2.13. The van der Waals surface area contributed by atoms with Crippen molar-refractivity contribution >= 4 is 18.0 Å². The molecule has 0 saturated heterocycles. The van der Waals surface area contributed by atoms with Crippen LogP contribution in [-0.4, -0.2) is 50.8 Å². The van der Waals surface area contributed by atoms with Crippen LogP contribution in [0.5, 0.6) is 0 Å². The van der Waals surface area contributed by atoms with E-state index in [-0.39, 0.29) is 17.8 Å². The normalized spacial score (nSPS) is 12.2. The van der Waals surface area contributed by atoms with Gasteiger partial charge in [0.05, 0.1) is 17.9 Å². The maximum absolute atomic E-state index is 12.7. The first kappa shape index (κ1) is 23.7. The molecule has 2 rings (SSSR count). The minimum Gasteiger partial charge on any atom is -0.477 e. The number of aromatic nitrogens is 2. The Balaban J connectivity index is 2.16. The summed E-state index contributed by atoms with van der Waals surface area (Å²) in [6, 6.07) is 8.56. The number of esters is 1. The van der Waals surface area contributed by atoms with Crippen LogP contribution in [0.3, 0.4) is 0 Å². The van der Waals surface area contributed by atoms with Crippen molar-refractivity contribution in [1.82, 2.24) is 14.7 Å². The number of rotatable bonds is 7. The third-order valence-corrected chi connectivity index (χ3v) is 4.15. The Bertz CT molecular complexity index is 1020. The van der Waals surface area contributed by atoms with Crippen LogP contribution in [0.4, 0.5) is 4.79 Å². The molecule has 0 bridgehead atoms. The molecule has 0 aliphatic heterocycles. The van der Waals surface area contributed by atoms with E-state index in [1.165, 1.54) is 16.3 Å². The number of benzene rings is 1. The maximum Gasteiger partial charge on any atom is 0.408 e. The zero-order chi connectivity index (χ0) is 23.3. The van der Waals surface area contributed by atoms with Crippen LogP contribution >= 0.6 is 0 Å². The molecule has 1 aromatic heterocycles. The number of carboxylic acids is 1. The molecule has 0 saturated carbocycles. The van der Waals surface area contributed by atoms with E-state index >= 15 is 0 Å². The summed E-state index contributed by atoms with van der Waals surface area (Å²) in [5.41, 5.74) is -1.02. The monoisotopic (exact) mass is 433 g/mol. The standard InChI is InChI=1S/C21H27N3O7/c1-13(30-16(25)11-22-20(29)31-21(3,4)5)12-23-14(2)17(19(27)28)18(26)24(23)15-9-7-6-8-10-15/h6-10,13H,11-12H2,1-5H3,(H,22,29)(H,27,28)/t13-/m1/s1. The number of nitrogens with one attached hydrogen (secondary N) is 1. The Morgan fingerprint density at radius 2 is 1.77 bits per heavy atom. The largest absolute Gasteiger partial charge is 0.477 e. The summed E-state index contributed by atoms with van der Waals surface area (Å²) in [5, 5.41) is 11.8. The average molecular weight is 433 g/mol. The lowest BCUT2D eigenvalue weighted by atomic mass is 10.2. The molecule has 2 N–H and O–H groups in total. The minimum absolute atomic E-state index is 0.0292. The molecule has 0 spiro atoms. The highest BCUT2D eigenvalue weighted by atomic mass is 16.6. The van der Waals surface area contributed by atoms with E-state index in [0.717, 1.165) is 0 Å². The van der Waals surface area contributed by atoms with Crippen LogP contribution in [0.15, 0.2) is 35.1 Å². The van der Waals surface area contributed by atoms with Gasteiger partial charge >= 0.3 is 18.0 Å². The predicted octanol–water partition coefficient (Wildman–Crippen LogP) is 2.10. The fraction of sp³-hybridized carbons (Fsp3) is 0.429. The Morgan fingerprint density at radius 3 is 2.32 bits per heavy atom. The zero-order valence-electron chi connectivity index (χ0n) is 18.2. The molecule has 1 atom stereocenters. The van der Waals surface area contributed by atoms with Gasteiger partial charge in [0.1, 0.15) is 23.8 Å². The van der Waals surface area contributed by atoms with Crippen LogP contribution < -0.4 is 10.9 Å². The third-order valence-electron chi connectivity index (χ3n) is 4.15. The number of amides is 1. The molecular formula is C21H27N3O7. The van der Waals surface area contributed by atoms with Gasteiger partial charge in [-0.1, -0.05) is 18.2 Å². The molecule has 0 radical (unpaired) electrons. The van der Waals surface area contributed by atoms with E-state index in [1.54, 1.807) is 58.0 Å². The number of carbonyl (C=O) groups excluding carboxylic acids is 2. The molecule has 1 heterocycles. The van der Waals surface area contributed by atoms with Crippen molar-refractivity contribution in [2.45, 2.75) is 52.9 Å². The van der Waals surface area contributed by atoms with Crippen molar-refractivity contribution in [2.75, 3.05) is 6.54 Å². The molecule has 0 aliphatic rings. The van der Waals surface area contributed by atoms with Crippen LogP contribution in [0.1, 0.15) is 43.7 Å². The van der Waals surface area contributed by atoms with Gasteiger partial charge in [0.2, 0.25) is 0 Å². The molecule has 10 nitrogen and oxygen atoms in total. The van der Waals surface area contributed by atoms with E-state index in [2.05, 4.69) is 5.32 Å². The Morgan fingerprint density at radius 1 is 1.16 bits per heavy atom. The van der Waals surface area contributed by atoms with Crippen LogP contribution in [-0.2, 0) is 20.8 Å². The number of carboxylic acid groups (broad SMARTS) is 1. The van der Waals surface area contributed by atoms with Crippen molar-refractivity contribution < 1.29 is 29.0 Å². The molecule has 10 heteroatoms. The van der Waals surface area contributed by atoms with Gasteiger partial charge in [0.15, 0.2) is 0 Å². The van der Waals surface area contributed by atoms with Crippen LogP contribution in [0.2, 0.25) is 0 Å². The second-order valence-corrected chi connectivity index (χ2v) is 7.96. The van der Waals surface area contributed by atoms with Gasteiger partial charge in [-0.05, 0) is 46.8 Å². The molecule has 2 aromatic rings. The number of alkyl carbamates (subject to hydrolysis) is 1. The van der Waals surface area contributed by atoms with E-state index in [4.69, 9.17) is 9.47 Å². The molecule has 1 aromatic carbocycles. The van der Waals surface area contributed by atoms with Crippen LogP contribution in [0.25, 0.3) is 5.69 Å². The first-order valence-electron chi connectivity index (χ1n) is 9.68. The number of hydrogen-bond acceptors (Lipinski definition) is 6. The highest BCUT2D eigenvalue weighted by Gasteiger charge is 2.25. The summed E-state index contributed by atoms with van der Waals surface area (Å²) in [7, 11) is 0. The summed E-state index contributed by atoms with van der Waals surface area (Å²) in [5.74, 6) is -2.03. The predicted molar refractivity (Wildman–Crippen MR) is 112 cm³/mol. The fourth-order valence-electron chi connectivity index (χ4n) is 2.95. The minimum atomic E-state index is -1.34. The third kappa shape index (κ3) is 6.21. The summed E-state index contributed by atoms with van der Waals surface area (Å²) < 4.78 is 13.0. The van der Waals surface area contributed by atoms with E-state index in [1.807, 2.05) is 0 Å². The van der Waals surface area contributed by atoms with Crippen molar-refractivity contribution in [1.29, 1.82) is 0 Å². The van der Waals surface area contributed by atoms with E-state index in [0.29, 0.717) is 5.69 Å². The number of carbonyl (C=O) groups is 3. The lowest BCUT2D eigenvalue weighted by Gasteiger charge is -2.20. The average Bonchev–Trinajstić information content (AvgIpc) is 2.89. The number of nitrogens with zero attached hydrogens (tertiary/aromatic N) is 2.